The third-order valence-electron chi connectivity index (χ3n) is 18.1. The lowest BCUT2D eigenvalue weighted by Gasteiger charge is -2.17. The van der Waals surface area contributed by atoms with E-state index in [2.05, 4.69) is 81.4 Å². The molecule has 40 heteroatoms. The van der Waals surface area contributed by atoms with E-state index in [9.17, 15) is 38.4 Å². The lowest BCUT2D eigenvalue weighted by atomic mass is 10.0. The number of halogens is 16. The summed E-state index contributed by atoms with van der Waals surface area (Å²) in [5, 5.41) is 17.8. The first-order valence-corrected chi connectivity index (χ1v) is 35.0. The average Bonchev–Trinajstić information content (AvgIpc) is 1.54. The number of ether oxygens (including phenoxy) is 4. The Morgan fingerprint density at radius 3 is 0.621 bits per heavy atom. The summed E-state index contributed by atoms with van der Waals surface area (Å²) in [6.45, 7) is 1.80. The standard InChI is InChI=1S/C76H70F16N12O12/c1-29(105)97-41(73(109)113-5)13-9-25-93-69-61(85)53(77)49(54(78)62(69)86)45-33-17-19-35(101-33)46(50-55(79)63(87)70(64(88)56(50)80)94-26-10-14-42(74(110)114-6)98-30(2)106)37-21-23-39(103-37)48(52-59(83)67(91)72(68(92)60(52)84)96-28-12-16-44(76(112)116-8)100-32(4)108)40-24-22-38(104-40)47(36-20-18-34(45)102-36)51-57(81)65(89)71(66(90)58(51)82)95-27-11-15-43(75(111)115-7)99-31(3)107/h17-24,41-44,93-96,101,104H,9-16,25-28H2,1-8H3,(H,97,105)(H,98,106)(H,99,107)(H,100,108)/t41-,42-,43-,44-/m0/s1. The molecule has 0 spiro atoms. The predicted octanol–water partition coefficient (Wildman–Crippen LogP) is 13.0. The second-order valence-electron chi connectivity index (χ2n) is 25.9. The van der Waals surface area contributed by atoms with Gasteiger partial charge in [-0.05, 0) is 99.9 Å². The number of esters is 4. The topological polar surface area (TPSA) is 327 Å². The Kier molecular flexibility index (Phi) is 28.2. The Bertz CT molecular complexity index is 4620. The van der Waals surface area contributed by atoms with Gasteiger partial charge < -0.3 is 71.4 Å². The number of aromatic nitrogens is 4. The van der Waals surface area contributed by atoms with Crippen molar-refractivity contribution in [2.75, 3.05) is 75.9 Å². The van der Waals surface area contributed by atoms with Crippen LogP contribution in [0.1, 0.15) is 102 Å². The molecule has 9 rings (SSSR count). The number of nitrogens with zero attached hydrogens (tertiary/aromatic N) is 2. The maximum Gasteiger partial charge on any atom is 0.328 e. The van der Waals surface area contributed by atoms with Crippen LogP contribution in [-0.2, 0) is 57.3 Å². The van der Waals surface area contributed by atoms with Crippen LogP contribution in [0.2, 0.25) is 0 Å². The molecule has 2 aliphatic rings. The molecule has 116 heavy (non-hydrogen) atoms. The number of anilines is 4. The fourth-order valence-electron chi connectivity index (χ4n) is 12.9. The molecule has 4 atom stereocenters. The van der Waals surface area contributed by atoms with Crippen molar-refractivity contribution in [1.82, 2.24) is 41.2 Å². The highest BCUT2D eigenvalue weighted by atomic mass is 19.2. The number of benzene rings is 4. The van der Waals surface area contributed by atoms with Crippen molar-refractivity contribution in [3.8, 4) is 44.5 Å². The molecule has 5 heterocycles. The van der Waals surface area contributed by atoms with Crippen LogP contribution >= 0.6 is 0 Å². The summed E-state index contributed by atoms with van der Waals surface area (Å²) in [5.74, 6) is -42.8. The van der Waals surface area contributed by atoms with Gasteiger partial charge in [0.15, 0.2) is 93.1 Å². The van der Waals surface area contributed by atoms with Gasteiger partial charge in [0.05, 0.1) is 73.5 Å². The van der Waals surface area contributed by atoms with Gasteiger partial charge in [0.25, 0.3) is 0 Å². The smallest absolute Gasteiger partial charge is 0.328 e. The molecule has 0 fully saturated rings. The molecule has 4 aromatic carbocycles. The number of methoxy groups -OCH3 is 4. The number of carbonyl (C=O) groups excluding carboxylic acids is 8. The molecular weight excluding hydrogens is 1580 g/mol. The molecule has 3 aromatic heterocycles. The molecule has 0 saturated heterocycles. The lowest BCUT2D eigenvalue weighted by molar-refractivity contribution is -0.145. The molecule has 618 valence electrons. The fourth-order valence-corrected chi connectivity index (χ4v) is 12.9. The summed E-state index contributed by atoms with van der Waals surface area (Å²) in [7, 11) is 3.93. The van der Waals surface area contributed by atoms with Gasteiger partial charge in [-0.3, -0.25) is 19.2 Å². The van der Waals surface area contributed by atoms with Crippen molar-refractivity contribution in [3.05, 3.63) is 140 Å². The van der Waals surface area contributed by atoms with Gasteiger partial charge in [-0.25, -0.2) is 99.4 Å². The number of aromatic amines is 2. The van der Waals surface area contributed by atoms with Crippen molar-refractivity contribution in [1.29, 1.82) is 0 Å². The monoisotopic (exact) mass is 1650 g/mol. The van der Waals surface area contributed by atoms with Crippen LogP contribution in [0.15, 0.2) is 24.3 Å². The maximum atomic E-state index is 17.5. The average molecular weight is 1650 g/mol. The minimum absolute atomic E-state index is 0.280. The molecule has 0 saturated carbocycles. The predicted molar refractivity (Wildman–Crippen MR) is 389 cm³/mol. The van der Waals surface area contributed by atoms with E-state index in [-0.39, 0.29) is 51.4 Å². The van der Waals surface area contributed by atoms with Gasteiger partial charge in [-0.1, -0.05) is 0 Å². The minimum atomic E-state index is -2.31. The summed E-state index contributed by atoms with van der Waals surface area (Å²) >= 11 is 0. The molecular formula is C76H70F16N12O12. The van der Waals surface area contributed by atoms with E-state index in [1.54, 1.807) is 0 Å². The lowest BCUT2D eigenvalue weighted by Crippen LogP contribution is -2.40. The zero-order chi connectivity index (χ0) is 85.2. The van der Waals surface area contributed by atoms with Crippen molar-refractivity contribution < 1.29 is 128 Å². The molecule has 8 bridgehead atoms. The van der Waals surface area contributed by atoms with Gasteiger partial charge in [-0.2, -0.15) is 0 Å². The van der Waals surface area contributed by atoms with Crippen LogP contribution in [0, 0.1) is 93.1 Å². The van der Waals surface area contributed by atoms with Crippen molar-refractivity contribution >= 4 is 117 Å². The van der Waals surface area contributed by atoms with E-state index >= 15 is 70.2 Å². The highest BCUT2D eigenvalue weighted by Crippen LogP contribution is 2.47. The fraction of sp³-hybridized carbons (Fsp3) is 0.316. The van der Waals surface area contributed by atoms with E-state index in [0.29, 0.717) is 24.3 Å². The SMILES string of the molecule is COC(=O)[C@H](CCCNc1c(F)c(F)c(-c2c3nc(c(-c4c(F)c(F)c(NCCC[C@H](NC(C)=O)C(=O)OC)c(F)c4F)c4ccc([nH]4)c(-c4c(F)c(F)c(NCCC[C@H](NC(C)=O)C(=O)OC)c(F)c4F)c4nc(c(-c5c(F)c(F)c(NCCC[C@H](NC(C)=O)C(=O)OC)c(F)c5F)c5ccc2[nH]5)C=C4)C=C3)c(F)c1F)NC(C)=O. The first-order chi connectivity index (χ1) is 55.0. The van der Waals surface area contributed by atoms with Crippen LogP contribution in [0.3, 0.4) is 0 Å². The number of carbonyl (C=O) groups is 8. The number of nitrogens with one attached hydrogen (secondary N) is 10. The normalized spacial score (nSPS) is 12.6. The van der Waals surface area contributed by atoms with E-state index in [4.69, 9.17) is 0 Å². The van der Waals surface area contributed by atoms with Crippen LogP contribution < -0.4 is 42.5 Å². The number of hydrogen-bond acceptors (Lipinski definition) is 18. The molecule has 4 amide bonds. The molecule has 10 N–H and O–H groups in total. The second kappa shape index (κ2) is 37.5. The summed E-state index contributed by atoms with van der Waals surface area (Å²) in [5.41, 5.74) is -25.2. The third-order valence-corrected chi connectivity index (χ3v) is 18.1. The Balaban J connectivity index is 1.37. The van der Waals surface area contributed by atoms with Gasteiger partial charge in [-0.15, -0.1) is 0 Å². The van der Waals surface area contributed by atoms with Crippen molar-refractivity contribution in [3.63, 3.8) is 0 Å². The largest absolute Gasteiger partial charge is 0.467 e. The Morgan fingerprint density at radius 1 is 0.293 bits per heavy atom. The number of hydrogen-bond donors (Lipinski definition) is 10. The molecule has 0 unspecified atom stereocenters. The Morgan fingerprint density at radius 2 is 0.466 bits per heavy atom. The van der Waals surface area contributed by atoms with E-state index in [0.717, 1.165) is 80.4 Å². The van der Waals surface area contributed by atoms with Gasteiger partial charge in [0, 0.05) is 98.2 Å². The number of fused-ring (bicyclic) bond motifs is 8. The van der Waals surface area contributed by atoms with Gasteiger partial charge >= 0.3 is 23.9 Å². The molecule has 24 nitrogen and oxygen atoms in total. The third kappa shape index (κ3) is 18.4. The van der Waals surface area contributed by atoms with E-state index < -0.39 is 303 Å². The quantitative estimate of drug-likeness (QED) is 0.00616. The maximum absolute atomic E-state index is 17.5. The highest BCUT2D eigenvalue weighted by molar-refractivity contribution is 6.01. The molecule has 0 aliphatic carbocycles. The number of H-pyrrole nitrogens is 2. The zero-order valence-electron chi connectivity index (χ0n) is 62.3. The van der Waals surface area contributed by atoms with Crippen LogP contribution in [-0.4, -0.2) is 146 Å². The number of rotatable bonds is 32. The summed E-state index contributed by atoms with van der Waals surface area (Å²) in [4.78, 5) is 111. The second-order valence-corrected chi connectivity index (χ2v) is 25.9. The van der Waals surface area contributed by atoms with Gasteiger partial charge in [0.2, 0.25) is 23.6 Å². The van der Waals surface area contributed by atoms with Crippen LogP contribution in [0.25, 0.3) is 90.9 Å². The van der Waals surface area contributed by atoms with Gasteiger partial charge in [0.1, 0.15) is 46.9 Å². The van der Waals surface area contributed by atoms with E-state index in [1.807, 2.05) is 0 Å². The molecule has 2 aliphatic heterocycles. The van der Waals surface area contributed by atoms with E-state index in [1.165, 1.54) is 0 Å². The summed E-state index contributed by atoms with van der Waals surface area (Å²) in [6.07, 6.45) is 0.558. The molecule has 7 aromatic rings. The minimum Gasteiger partial charge on any atom is -0.467 e. The van der Waals surface area contributed by atoms with Crippen molar-refractivity contribution in [2.45, 2.75) is 103 Å². The van der Waals surface area contributed by atoms with Crippen LogP contribution in [0.5, 0.6) is 0 Å². The first-order valence-electron chi connectivity index (χ1n) is 35.0. The first kappa shape index (κ1) is 87.3. The Hall–Kier alpha value is -12.7. The summed E-state index contributed by atoms with van der Waals surface area (Å²) < 4.78 is 293. The zero-order valence-corrected chi connectivity index (χ0v) is 62.3. The highest BCUT2D eigenvalue weighted by Gasteiger charge is 2.37. The number of amides is 4. The van der Waals surface area contributed by atoms with Crippen molar-refractivity contribution in [2.24, 2.45) is 0 Å². The Labute approximate surface area is 647 Å². The van der Waals surface area contributed by atoms with Crippen LogP contribution in [0.4, 0.5) is 93.0 Å². The molecule has 0 radical (unpaired) electrons. The summed E-state index contributed by atoms with van der Waals surface area (Å²) in [6, 6.07) is -2.35.